The van der Waals surface area contributed by atoms with Crippen LogP contribution in [0.15, 0.2) is 18.2 Å². The molecular weight excluding hydrogens is 198 g/mol. The maximum Gasteiger partial charge on any atom is 0.0703 e. The molecule has 0 amide bonds. The molecule has 2 rings (SSSR count). The fraction of sp³-hybridized carbons (Fsp3) is 0.571. The molecule has 1 aliphatic rings. The van der Waals surface area contributed by atoms with Crippen molar-refractivity contribution in [3.8, 4) is 0 Å². The van der Waals surface area contributed by atoms with Gasteiger partial charge in [0.1, 0.15) is 0 Å². The summed E-state index contributed by atoms with van der Waals surface area (Å²) in [7, 11) is 0. The summed E-state index contributed by atoms with van der Waals surface area (Å²) < 4.78 is 5.69. The average molecular weight is 219 g/mol. The van der Waals surface area contributed by atoms with Gasteiger partial charge in [-0.1, -0.05) is 18.2 Å². The second-order valence-electron chi connectivity index (χ2n) is 4.65. The molecule has 0 aliphatic carbocycles. The SMILES string of the molecule is Cc1ccc(CCC2CNCCO2)cc1C. The maximum atomic E-state index is 5.69. The largest absolute Gasteiger partial charge is 0.376 e. The molecule has 0 bridgehead atoms. The van der Waals surface area contributed by atoms with Crippen molar-refractivity contribution >= 4 is 0 Å². The van der Waals surface area contributed by atoms with E-state index in [2.05, 4.69) is 37.4 Å². The van der Waals surface area contributed by atoms with Gasteiger partial charge in [-0.05, 0) is 43.4 Å². The van der Waals surface area contributed by atoms with Gasteiger partial charge >= 0.3 is 0 Å². The van der Waals surface area contributed by atoms with E-state index in [1.54, 1.807) is 0 Å². The highest BCUT2D eigenvalue weighted by molar-refractivity contribution is 5.29. The van der Waals surface area contributed by atoms with Gasteiger partial charge in [0.15, 0.2) is 0 Å². The Bertz CT molecular complexity index is 343. The Kier molecular flexibility index (Phi) is 3.97. The molecule has 0 spiro atoms. The van der Waals surface area contributed by atoms with Crippen LogP contribution < -0.4 is 5.32 Å². The quantitative estimate of drug-likeness (QED) is 0.841. The lowest BCUT2D eigenvalue weighted by Gasteiger charge is -2.23. The van der Waals surface area contributed by atoms with Crippen molar-refractivity contribution in [2.75, 3.05) is 19.7 Å². The Hall–Kier alpha value is -0.860. The molecule has 1 aliphatic heterocycles. The number of ether oxygens (including phenoxy) is 1. The van der Waals surface area contributed by atoms with Crippen LogP contribution in [0.4, 0.5) is 0 Å². The van der Waals surface area contributed by atoms with E-state index in [1.807, 2.05) is 0 Å². The van der Waals surface area contributed by atoms with E-state index in [0.29, 0.717) is 6.10 Å². The zero-order valence-corrected chi connectivity index (χ0v) is 10.3. The lowest BCUT2D eigenvalue weighted by atomic mass is 10.0. The Morgan fingerprint density at radius 1 is 1.31 bits per heavy atom. The Labute approximate surface area is 98.0 Å². The minimum absolute atomic E-state index is 0.398. The first-order chi connectivity index (χ1) is 7.75. The Morgan fingerprint density at radius 3 is 2.88 bits per heavy atom. The number of hydrogen-bond donors (Lipinski definition) is 1. The maximum absolute atomic E-state index is 5.69. The normalized spacial score (nSPS) is 21.0. The van der Waals surface area contributed by atoms with Crippen molar-refractivity contribution in [3.63, 3.8) is 0 Å². The first-order valence-electron chi connectivity index (χ1n) is 6.14. The van der Waals surface area contributed by atoms with Gasteiger partial charge in [-0.2, -0.15) is 0 Å². The third-order valence-corrected chi connectivity index (χ3v) is 3.33. The lowest BCUT2D eigenvalue weighted by molar-refractivity contribution is 0.0238. The molecule has 2 nitrogen and oxygen atoms in total. The van der Waals surface area contributed by atoms with Crippen molar-refractivity contribution < 1.29 is 4.74 Å². The minimum atomic E-state index is 0.398. The standard InChI is InChI=1S/C14H21NO/c1-11-3-4-13(9-12(11)2)5-6-14-10-15-7-8-16-14/h3-4,9,14-15H,5-8,10H2,1-2H3. The van der Waals surface area contributed by atoms with Crippen LogP contribution in [0, 0.1) is 13.8 Å². The van der Waals surface area contributed by atoms with E-state index in [1.165, 1.54) is 16.7 Å². The Morgan fingerprint density at radius 2 is 2.19 bits per heavy atom. The average Bonchev–Trinajstić information content (AvgIpc) is 2.32. The van der Waals surface area contributed by atoms with Gasteiger partial charge < -0.3 is 10.1 Å². The van der Waals surface area contributed by atoms with Crippen LogP contribution in [-0.4, -0.2) is 25.8 Å². The molecule has 0 saturated carbocycles. The highest BCUT2D eigenvalue weighted by atomic mass is 16.5. The van der Waals surface area contributed by atoms with E-state index >= 15 is 0 Å². The number of hydrogen-bond acceptors (Lipinski definition) is 2. The van der Waals surface area contributed by atoms with E-state index < -0.39 is 0 Å². The van der Waals surface area contributed by atoms with Gasteiger partial charge in [-0.25, -0.2) is 0 Å². The van der Waals surface area contributed by atoms with Crippen molar-refractivity contribution in [1.82, 2.24) is 5.32 Å². The fourth-order valence-corrected chi connectivity index (χ4v) is 2.09. The molecule has 16 heavy (non-hydrogen) atoms. The first-order valence-corrected chi connectivity index (χ1v) is 6.14. The predicted molar refractivity (Wildman–Crippen MR) is 66.8 cm³/mol. The summed E-state index contributed by atoms with van der Waals surface area (Å²) in [6.45, 7) is 7.20. The third kappa shape index (κ3) is 3.06. The molecular formula is C14H21NO. The van der Waals surface area contributed by atoms with Crippen LogP contribution in [-0.2, 0) is 11.2 Å². The van der Waals surface area contributed by atoms with Crippen LogP contribution in [0.5, 0.6) is 0 Å². The van der Waals surface area contributed by atoms with Crippen LogP contribution in [0.2, 0.25) is 0 Å². The smallest absolute Gasteiger partial charge is 0.0703 e. The molecule has 1 aromatic rings. The van der Waals surface area contributed by atoms with Crippen molar-refractivity contribution in [2.24, 2.45) is 0 Å². The van der Waals surface area contributed by atoms with Crippen molar-refractivity contribution in [1.29, 1.82) is 0 Å². The highest BCUT2D eigenvalue weighted by Gasteiger charge is 2.12. The second kappa shape index (κ2) is 5.46. The van der Waals surface area contributed by atoms with Crippen LogP contribution in [0.25, 0.3) is 0 Å². The van der Waals surface area contributed by atoms with Gasteiger partial charge in [0.05, 0.1) is 12.7 Å². The topological polar surface area (TPSA) is 21.3 Å². The highest BCUT2D eigenvalue weighted by Crippen LogP contribution is 2.13. The monoisotopic (exact) mass is 219 g/mol. The zero-order chi connectivity index (χ0) is 11.4. The molecule has 0 radical (unpaired) electrons. The second-order valence-corrected chi connectivity index (χ2v) is 4.65. The Balaban J connectivity index is 1.86. The molecule has 1 saturated heterocycles. The van der Waals surface area contributed by atoms with E-state index in [9.17, 15) is 0 Å². The summed E-state index contributed by atoms with van der Waals surface area (Å²) in [5.41, 5.74) is 4.19. The van der Waals surface area contributed by atoms with Crippen molar-refractivity contribution in [2.45, 2.75) is 32.8 Å². The van der Waals surface area contributed by atoms with E-state index in [0.717, 1.165) is 32.5 Å². The molecule has 88 valence electrons. The summed E-state index contributed by atoms with van der Waals surface area (Å²) in [6, 6.07) is 6.74. The summed E-state index contributed by atoms with van der Waals surface area (Å²) >= 11 is 0. The van der Waals surface area contributed by atoms with Crippen molar-refractivity contribution in [3.05, 3.63) is 34.9 Å². The summed E-state index contributed by atoms with van der Waals surface area (Å²) in [5.74, 6) is 0. The van der Waals surface area contributed by atoms with Crippen LogP contribution >= 0.6 is 0 Å². The summed E-state index contributed by atoms with van der Waals surface area (Å²) in [6.07, 6.45) is 2.64. The molecule has 0 aromatic heterocycles. The van der Waals surface area contributed by atoms with Gasteiger partial charge in [0.25, 0.3) is 0 Å². The first kappa shape index (κ1) is 11.6. The number of benzene rings is 1. The number of rotatable bonds is 3. The van der Waals surface area contributed by atoms with Gasteiger partial charge in [0, 0.05) is 13.1 Å². The number of morpholine rings is 1. The van der Waals surface area contributed by atoms with Gasteiger partial charge in [-0.15, -0.1) is 0 Å². The lowest BCUT2D eigenvalue weighted by Crippen LogP contribution is -2.38. The summed E-state index contributed by atoms with van der Waals surface area (Å²) in [4.78, 5) is 0. The van der Waals surface area contributed by atoms with Crippen LogP contribution in [0.3, 0.4) is 0 Å². The molecule has 1 aromatic carbocycles. The zero-order valence-electron chi connectivity index (χ0n) is 10.3. The molecule has 1 N–H and O–H groups in total. The summed E-state index contributed by atoms with van der Waals surface area (Å²) in [5, 5.41) is 3.37. The molecule has 1 atom stereocenters. The van der Waals surface area contributed by atoms with Gasteiger partial charge in [0.2, 0.25) is 0 Å². The number of aryl methyl sites for hydroxylation is 3. The minimum Gasteiger partial charge on any atom is -0.376 e. The fourth-order valence-electron chi connectivity index (χ4n) is 2.09. The van der Waals surface area contributed by atoms with E-state index in [4.69, 9.17) is 4.74 Å². The molecule has 1 unspecified atom stereocenters. The third-order valence-electron chi connectivity index (χ3n) is 3.33. The van der Waals surface area contributed by atoms with Crippen LogP contribution in [0.1, 0.15) is 23.1 Å². The predicted octanol–water partition coefficient (Wildman–Crippen LogP) is 2.22. The molecule has 2 heteroatoms. The molecule has 1 heterocycles. The molecule has 1 fully saturated rings. The van der Waals surface area contributed by atoms with Gasteiger partial charge in [-0.3, -0.25) is 0 Å². The van der Waals surface area contributed by atoms with E-state index in [-0.39, 0.29) is 0 Å². The number of nitrogens with one attached hydrogen (secondary N) is 1.